The lowest BCUT2D eigenvalue weighted by atomic mass is 10.0. The van der Waals surface area contributed by atoms with Crippen molar-refractivity contribution in [3.63, 3.8) is 0 Å². The third-order valence-electron chi connectivity index (χ3n) is 3.68. The summed E-state index contributed by atoms with van der Waals surface area (Å²) < 4.78 is 0. The lowest BCUT2D eigenvalue weighted by Gasteiger charge is -2.27. The van der Waals surface area contributed by atoms with Crippen LogP contribution in [0.3, 0.4) is 0 Å². The minimum absolute atomic E-state index is 0.0959. The number of rotatable bonds is 3. The van der Waals surface area contributed by atoms with E-state index in [4.69, 9.17) is 5.11 Å². The molecular weight excluding hydrogens is 220 g/mol. The van der Waals surface area contributed by atoms with Crippen molar-refractivity contribution in [2.45, 2.75) is 46.2 Å². The first-order valence-corrected chi connectivity index (χ1v) is 6.14. The average molecular weight is 242 g/mol. The molecule has 0 spiro atoms. The standard InChI is InChI=1S/C12H22N2O3/c1-7(2)8(3)13-12(17)14-6-5-10(9(14)4)11(15)16/h7-10H,5-6H2,1-4H3,(H,13,17)(H,15,16). The first kappa shape index (κ1) is 13.8. The highest BCUT2D eigenvalue weighted by Crippen LogP contribution is 2.24. The van der Waals surface area contributed by atoms with Gasteiger partial charge in [-0.25, -0.2) is 4.79 Å². The number of aliphatic carboxylic acids is 1. The van der Waals surface area contributed by atoms with Gasteiger partial charge in [-0.2, -0.15) is 0 Å². The van der Waals surface area contributed by atoms with Gasteiger partial charge in [0.25, 0.3) is 0 Å². The average Bonchev–Trinajstić information content (AvgIpc) is 2.59. The maximum atomic E-state index is 12.0. The largest absolute Gasteiger partial charge is 0.481 e. The number of likely N-dealkylation sites (tertiary alicyclic amines) is 1. The first-order valence-electron chi connectivity index (χ1n) is 6.14. The zero-order chi connectivity index (χ0) is 13.2. The Balaban J connectivity index is 2.57. The number of hydrogen-bond donors (Lipinski definition) is 2. The molecule has 0 saturated carbocycles. The molecule has 0 aliphatic carbocycles. The molecule has 0 aromatic heterocycles. The molecule has 3 atom stereocenters. The van der Waals surface area contributed by atoms with E-state index in [1.807, 2.05) is 20.8 Å². The van der Waals surface area contributed by atoms with Crippen molar-refractivity contribution in [3.8, 4) is 0 Å². The van der Waals surface area contributed by atoms with Crippen LogP contribution < -0.4 is 5.32 Å². The molecule has 1 heterocycles. The molecule has 98 valence electrons. The molecule has 17 heavy (non-hydrogen) atoms. The van der Waals surface area contributed by atoms with Gasteiger partial charge < -0.3 is 15.3 Å². The van der Waals surface area contributed by atoms with Crippen LogP contribution in [-0.4, -0.2) is 40.6 Å². The monoisotopic (exact) mass is 242 g/mol. The molecule has 1 fully saturated rings. The van der Waals surface area contributed by atoms with Gasteiger partial charge in [-0.1, -0.05) is 13.8 Å². The van der Waals surface area contributed by atoms with E-state index in [1.54, 1.807) is 11.8 Å². The lowest BCUT2D eigenvalue weighted by Crippen LogP contribution is -2.48. The van der Waals surface area contributed by atoms with Crippen molar-refractivity contribution >= 4 is 12.0 Å². The van der Waals surface area contributed by atoms with Crippen LogP contribution in [0.4, 0.5) is 4.79 Å². The van der Waals surface area contributed by atoms with Gasteiger partial charge in [-0.15, -0.1) is 0 Å². The molecule has 5 nitrogen and oxygen atoms in total. The predicted octanol–water partition coefficient (Wildman–Crippen LogP) is 1.54. The van der Waals surface area contributed by atoms with Crippen LogP contribution in [0.15, 0.2) is 0 Å². The van der Waals surface area contributed by atoms with Crippen LogP contribution in [0.25, 0.3) is 0 Å². The second-order valence-corrected chi connectivity index (χ2v) is 5.15. The number of nitrogens with one attached hydrogen (secondary N) is 1. The van der Waals surface area contributed by atoms with Crippen LogP contribution in [0.2, 0.25) is 0 Å². The van der Waals surface area contributed by atoms with E-state index >= 15 is 0 Å². The van der Waals surface area contributed by atoms with Gasteiger partial charge in [-0.3, -0.25) is 4.79 Å². The van der Waals surface area contributed by atoms with Gasteiger partial charge in [0, 0.05) is 18.6 Å². The molecule has 2 N–H and O–H groups in total. The van der Waals surface area contributed by atoms with Crippen LogP contribution in [0.1, 0.15) is 34.1 Å². The molecule has 0 radical (unpaired) electrons. The van der Waals surface area contributed by atoms with E-state index in [0.717, 1.165) is 0 Å². The Morgan fingerprint density at radius 1 is 1.35 bits per heavy atom. The Morgan fingerprint density at radius 3 is 2.35 bits per heavy atom. The summed E-state index contributed by atoms with van der Waals surface area (Å²) in [5, 5.41) is 11.9. The molecular formula is C12H22N2O3. The summed E-state index contributed by atoms with van der Waals surface area (Å²) in [7, 11) is 0. The summed E-state index contributed by atoms with van der Waals surface area (Å²) in [5.41, 5.74) is 0. The lowest BCUT2D eigenvalue weighted by molar-refractivity contribution is -0.142. The Kier molecular flexibility index (Phi) is 4.37. The molecule has 1 rings (SSSR count). The maximum Gasteiger partial charge on any atom is 0.317 e. The Hall–Kier alpha value is -1.26. The third-order valence-corrected chi connectivity index (χ3v) is 3.68. The van der Waals surface area contributed by atoms with Gasteiger partial charge in [0.2, 0.25) is 0 Å². The van der Waals surface area contributed by atoms with Crippen LogP contribution >= 0.6 is 0 Å². The van der Waals surface area contributed by atoms with Crippen LogP contribution in [-0.2, 0) is 4.79 Å². The van der Waals surface area contributed by atoms with Gasteiger partial charge in [-0.05, 0) is 26.2 Å². The van der Waals surface area contributed by atoms with Crippen molar-refractivity contribution < 1.29 is 14.7 Å². The number of hydrogen-bond acceptors (Lipinski definition) is 2. The summed E-state index contributed by atoms with van der Waals surface area (Å²) in [6, 6.07) is -0.284. The molecule has 5 heteroatoms. The van der Waals surface area contributed by atoms with Crippen molar-refractivity contribution in [1.29, 1.82) is 0 Å². The normalized spacial score (nSPS) is 26.1. The van der Waals surface area contributed by atoms with E-state index in [9.17, 15) is 9.59 Å². The first-order chi connectivity index (χ1) is 7.84. The summed E-state index contributed by atoms with van der Waals surface area (Å²) in [6.45, 7) is 8.36. The molecule has 3 unspecified atom stereocenters. The van der Waals surface area contributed by atoms with E-state index < -0.39 is 11.9 Å². The highest BCUT2D eigenvalue weighted by molar-refractivity contribution is 5.78. The number of carbonyl (C=O) groups is 2. The van der Waals surface area contributed by atoms with Gasteiger partial charge >= 0.3 is 12.0 Å². The van der Waals surface area contributed by atoms with E-state index in [0.29, 0.717) is 18.9 Å². The molecule has 0 aromatic carbocycles. The fourth-order valence-electron chi connectivity index (χ4n) is 2.00. The fourth-order valence-corrected chi connectivity index (χ4v) is 2.00. The quantitative estimate of drug-likeness (QED) is 0.788. The van der Waals surface area contributed by atoms with E-state index in [-0.39, 0.29) is 18.1 Å². The summed E-state index contributed by atoms with van der Waals surface area (Å²) >= 11 is 0. The van der Waals surface area contributed by atoms with Crippen LogP contribution in [0, 0.1) is 11.8 Å². The number of amides is 2. The number of carbonyl (C=O) groups excluding carboxylic acids is 1. The summed E-state index contributed by atoms with van der Waals surface area (Å²) in [4.78, 5) is 24.5. The van der Waals surface area contributed by atoms with Crippen molar-refractivity contribution in [2.75, 3.05) is 6.54 Å². The second-order valence-electron chi connectivity index (χ2n) is 5.15. The molecule has 1 aliphatic rings. The van der Waals surface area contributed by atoms with Gasteiger partial charge in [0.1, 0.15) is 0 Å². The number of nitrogens with zero attached hydrogens (tertiary/aromatic N) is 1. The number of carboxylic acids is 1. The minimum Gasteiger partial charge on any atom is -0.481 e. The zero-order valence-electron chi connectivity index (χ0n) is 10.9. The Morgan fingerprint density at radius 2 is 1.94 bits per heavy atom. The van der Waals surface area contributed by atoms with E-state index in [1.165, 1.54) is 0 Å². The van der Waals surface area contributed by atoms with Crippen LogP contribution in [0.5, 0.6) is 0 Å². The number of carboxylic acid groups (broad SMARTS) is 1. The molecule has 0 bridgehead atoms. The second kappa shape index (κ2) is 5.38. The zero-order valence-corrected chi connectivity index (χ0v) is 10.9. The maximum absolute atomic E-state index is 12.0. The van der Waals surface area contributed by atoms with Gasteiger partial charge in [0.05, 0.1) is 5.92 Å². The van der Waals surface area contributed by atoms with Crippen molar-refractivity contribution in [2.24, 2.45) is 11.8 Å². The third kappa shape index (κ3) is 3.11. The van der Waals surface area contributed by atoms with Crippen molar-refractivity contribution in [1.82, 2.24) is 10.2 Å². The highest BCUT2D eigenvalue weighted by atomic mass is 16.4. The topological polar surface area (TPSA) is 69.6 Å². The highest BCUT2D eigenvalue weighted by Gasteiger charge is 2.38. The van der Waals surface area contributed by atoms with Gasteiger partial charge in [0.15, 0.2) is 0 Å². The smallest absolute Gasteiger partial charge is 0.317 e. The number of urea groups is 1. The summed E-state index contributed by atoms with van der Waals surface area (Å²) in [6.07, 6.45) is 0.542. The van der Waals surface area contributed by atoms with Crippen molar-refractivity contribution in [3.05, 3.63) is 0 Å². The minimum atomic E-state index is -0.815. The fraction of sp³-hybridized carbons (Fsp3) is 0.833. The predicted molar refractivity (Wildman–Crippen MR) is 64.7 cm³/mol. The van der Waals surface area contributed by atoms with E-state index in [2.05, 4.69) is 5.32 Å². The molecule has 2 amide bonds. The Bertz CT molecular complexity index is 304. The SMILES string of the molecule is CC(C)C(C)NC(=O)N1CCC(C(=O)O)C1C. The summed E-state index contributed by atoms with van der Waals surface area (Å²) in [5.74, 6) is -0.882. The molecule has 1 saturated heterocycles. The Labute approximate surface area is 102 Å². The molecule has 0 aromatic rings. The molecule has 1 aliphatic heterocycles.